The van der Waals surface area contributed by atoms with E-state index in [0.29, 0.717) is 6.04 Å². The Kier molecular flexibility index (Phi) is 3.92. The second-order valence-corrected chi connectivity index (χ2v) is 4.82. The summed E-state index contributed by atoms with van der Waals surface area (Å²) >= 11 is 0. The summed E-state index contributed by atoms with van der Waals surface area (Å²) in [5, 5.41) is 4.47. The predicted molar refractivity (Wildman–Crippen MR) is 74.1 cm³/mol. The van der Waals surface area contributed by atoms with Crippen LogP contribution in [0.4, 0.5) is 0 Å². The Bertz CT molecular complexity index is 529. The smallest absolute Gasteiger partial charge is 0.176 e. The van der Waals surface area contributed by atoms with Crippen LogP contribution in [-0.4, -0.2) is 13.2 Å². The summed E-state index contributed by atoms with van der Waals surface area (Å²) in [7, 11) is 1.68. The van der Waals surface area contributed by atoms with E-state index in [9.17, 15) is 0 Å². The Morgan fingerprint density at radius 2 is 2.06 bits per heavy atom. The van der Waals surface area contributed by atoms with Gasteiger partial charge in [-0.05, 0) is 30.2 Å². The largest absolute Gasteiger partial charge is 0.493 e. The normalized spacial score (nSPS) is 11.4. The van der Waals surface area contributed by atoms with E-state index in [1.807, 2.05) is 6.07 Å². The molecule has 2 aromatic rings. The second kappa shape index (κ2) is 5.44. The van der Waals surface area contributed by atoms with Gasteiger partial charge in [0.25, 0.3) is 0 Å². The van der Waals surface area contributed by atoms with E-state index in [2.05, 4.69) is 38.2 Å². The van der Waals surface area contributed by atoms with Crippen molar-refractivity contribution < 1.29 is 9.15 Å². The van der Waals surface area contributed by atoms with E-state index in [-0.39, 0.29) is 0 Å². The van der Waals surface area contributed by atoms with Crippen molar-refractivity contribution in [3.05, 3.63) is 29.5 Å². The third-order valence-electron chi connectivity index (χ3n) is 3.01. The van der Waals surface area contributed by atoms with E-state index in [1.54, 1.807) is 7.11 Å². The third-order valence-corrected chi connectivity index (χ3v) is 3.01. The highest BCUT2D eigenvalue weighted by Crippen LogP contribution is 2.30. The molecule has 3 heteroatoms. The van der Waals surface area contributed by atoms with E-state index in [1.165, 1.54) is 5.56 Å². The van der Waals surface area contributed by atoms with Gasteiger partial charge in [0.2, 0.25) is 0 Å². The maximum absolute atomic E-state index is 5.85. The molecule has 1 N–H and O–H groups in total. The van der Waals surface area contributed by atoms with Crippen molar-refractivity contribution in [3.63, 3.8) is 0 Å². The summed E-state index contributed by atoms with van der Waals surface area (Å²) < 4.78 is 11.2. The van der Waals surface area contributed by atoms with Gasteiger partial charge in [0.15, 0.2) is 11.3 Å². The molecule has 0 unspecified atom stereocenters. The van der Waals surface area contributed by atoms with E-state index in [4.69, 9.17) is 9.15 Å². The third kappa shape index (κ3) is 2.67. The molecule has 0 aliphatic heterocycles. The maximum atomic E-state index is 5.85. The van der Waals surface area contributed by atoms with Crippen molar-refractivity contribution in [2.45, 2.75) is 39.8 Å². The topological polar surface area (TPSA) is 34.4 Å². The molecule has 98 valence electrons. The van der Waals surface area contributed by atoms with Gasteiger partial charge in [0.1, 0.15) is 5.76 Å². The fraction of sp³-hybridized carbons (Fsp3) is 0.467. The first kappa shape index (κ1) is 13.0. The average molecular weight is 247 g/mol. The zero-order chi connectivity index (χ0) is 13.1. The van der Waals surface area contributed by atoms with Gasteiger partial charge < -0.3 is 14.5 Å². The Hall–Kier alpha value is -1.48. The fourth-order valence-corrected chi connectivity index (χ4v) is 1.98. The molecule has 0 aliphatic rings. The van der Waals surface area contributed by atoms with Crippen LogP contribution in [0.2, 0.25) is 0 Å². The maximum Gasteiger partial charge on any atom is 0.176 e. The molecule has 0 radical (unpaired) electrons. The van der Waals surface area contributed by atoms with Gasteiger partial charge in [0, 0.05) is 11.4 Å². The highest BCUT2D eigenvalue weighted by Gasteiger charge is 2.10. The molecule has 0 bridgehead atoms. The lowest BCUT2D eigenvalue weighted by molar-refractivity contribution is 0.404. The van der Waals surface area contributed by atoms with Crippen molar-refractivity contribution in [1.29, 1.82) is 0 Å². The minimum Gasteiger partial charge on any atom is -0.493 e. The molecule has 3 nitrogen and oxygen atoms in total. The lowest BCUT2D eigenvalue weighted by Crippen LogP contribution is -2.21. The number of rotatable bonds is 5. The number of fused-ring (bicyclic) bond motifs is 1. The van der Waals surface area contributed by atoms with Crippen molar-refractivity contribution in [3.8, 4) is 5.75 Å². The van der Waals surface area contributed by atoms with Gasteiger partial charge in [-0.1, -0.05) is 20.8 Å². The zero-order valence-corrected chi connectivity index (χ0v) is 11.5. The summed E-state index contributed by atoms with van der Waals surface area (Å²) in [6.07, 6.45) is 0.997. The van der Waals surface area contributed by atoms with Gasteiger partial charge in [-0.3, -0.25) is 0 Å². The van der Waals surface area contributed by atoms with Gasteiger partial charge in [-0.15, -0.1) is 0 Å². The first-order valence-electron chi connectivity index (χ1n) is 6.46. The lowest BCUT2D eigenvalue weighted by atomic mass is 10.1. The van der Waals surface area contributed by atoms with Crippen molar-refractivity contribution in [2.75, 3.05) is 7.11 Å². The Morgan fingerprint density at radius 1 is 1.28 bits per heavy atom. The molecule has 0 amide bonds. The summed E-state index contributed by atoms with van der Waals surface area (Å²) in [4.78, 5) is 0. The second-order valence-electron chi connectivity index (χ2n) is 4.82. The van der Waals surface area contributed by atoms with Crippen LogP contribution in [0.3, 0.4) is 0 Å². The van der Waals surface area contributed by atoms with Crippen molar-refractivity contribution in [2.24, 2.45) is 0 Å². The summed E-state index contributed by atoms with van der Waals surface area (Å²) in [5.74, 6) is 1.77. The predicted octanol–water partition coefficient (Wildman–Crippen LogP) is 3.50. The van der Waals surface area contributed by atoms with Crippen LogP contribution in [0.1, 0.15) is 32.1 Å². The van der Waals surface area contributed by atoms with Crippen LogP contribution in [0.15, 0.2) is 22.6 Å². The molecule has 0 saturated carbocycles. The SMILES string of the molecule is CCc1cc(OC)c2oc(CNC(C)C)cc2c1. The number of benzene rings is 1. The molecule has 0 spiro atoms. The summed E-state index contributed by atoms with van der Waals surface area (Å²) in [5.41, 5.74) is 2.11. The number of ether oxygens (including phenoxy) is 1. The van der Waals surface area contributed by atoms with Crippen molar-refractivity contribution in [1.82, 2.24) is 5.32 Å². The fourth-order valence-electron chi connectivity index (χ4n) is 1.98. The van der Waals surface area contributed by atoms with Crippen LogP contribution in [-0.2, 0) is 13.0 Å². The molecule has 1 aromatic heterocycles. The molecule has 0 aliphatic carbocycles. The minimum atomic E-state index is 0.450. The molecule has 0 saturated heterocycles. The number of methoxy groups -OCH3 is 1. The number of hydrogen-bond acceptors (Lipinski definition) is 3. The molecular formula is C15H21NO2. The van der Waals surface area contributed by atoms with E-state index >= 15 is 0 Å². The minimum absolute atomic E-state index is 0.450. The first-order valence-corrected chi connectivity index (χ1v) is 6.46. The van der Waals surface area contributed by atoms with Crippen molar-refractivity contribution >= 4 is 11.0 Å². The van der Waals surface area contributed by atoms with Gasteiger partial charge in [-0.2, -0.15) is 0 Å². The zero-order valence-electron chi connectivity index (χ0n) is 11.5. The number of aryl methyl sites for hydroxylation is 1. The quantitative estimate of drug-likeness (QED) is 0.878. The monoisotopic (exact) mass is 247 g/mol. The molecule has 2 rings (SSSR count). The standard InChI is InChI=1S/C15H21NO2/c1-5-11-6-12-8-13(9-16-10(2)3)18-15(12)14(7-11)17-4/h6-8,10,16H,5,9H2,1-4H3. The highest BCUT2D eigenvalue weighted by molar-refractivity contribution is 5.84. The molecular weight excluding hydrogens is 226 g/mol. The van der Waals surface area contributed by atoms with Gasteiger partial charge in [-0.25, -0.2) is 0 Å². The Balaban J connectivity index is 2.36. The number of furan rings is 1. The Labute approximate surface area is 108 Å². The van der Waals surface area contributed by atoms with Gasteiger partial charge in [0.05, 0.1) is 13.7 Å². The average Bonchev–Trinajstić information content (AvgIpc) is 2.77. The van der Waals surface area contributed by atoms with Crippen LogP contribution < -0.4 is 10.1 Å². The van der Waals surface area contributed by atoms with Crippen LogP contribution >= 0.6 is 0 Å². The Morgan fingerprint density at radius 3 is 2.67 bits per heavy atom. The highest BCUT2D eigenvalue weighted by atomic mass is 16.5. The van der Waals surface area contributed by atoms with Crippen LogP contribution in [0, 0.1) is 0 Å². The molecule has 0 fully saturated rings. The van der Waals surface area contributed by atoms with Gasteiger partial charge >= 0.3 is 0 Å². The lowest BCUT2D eigenvalue weighted by Gasteiger charge is -2.05. The summed E-state index contributed by atoms with van der Waals surface area (Å²) in [6.45, 7) is 7.13. The van der Waals surface area contributed by atoms with Crippen LogP contribution in [0.25, 0.3) is 11.0 Å². The summed E-state index contributed by atoms with van der Waals surface area (Å²) in [6, 6.07) is 6.75. The molecule has 1 aromatic carbocycles. The molecule has 0 atom stereocenters. The molecule has 1 heterocycles. The van der Waals surface area contributed by atoms with E-state index in [0.717, 1.165) is 35.4 Å². The molecule has 18 heavy (non-hydrogen) atoms. The van der Waals surface area contributed by atoms with Crippen LogP contribution in [0.5, 0.6) is 5.75 Å². The first-order chi connectivity index (χ1) is 8.63. The number of hydrogen-bond donors (Lipinski definition) is 1. The number of nitrogens with one attached hydrogen (secondary N) is 1. The van der Waals surface area contributed by atoms with E-state index < -0.39 is 0 Å².